The fourth-order valence-electron chi connectivity index (χ4n) is 1.99. The summed E-state index contributed by atoms with van der Waals surface area (Å²) in [6.45, 7) is 13.5. The van der Waals surface area contributed by atoms with Crippen LogP contribution < -0.4 is 0 Å². The van der Waals surface area contributed by atoms with E-state index in [1.54, 1.807) is 0 Å². The lowest BCUT2D eigenvalue weighted by molar-refractivity contribution is 0.0224. The molecule has 0 saturated heterocycles. The van der Waals surface area contributed by atoms with Gasteiger partial charge in [-0.15, -0.1) is 6.58 Å². The Morgan fingerprint density at radius 1 is 1.42 bits per heavy atom. The van der Waals surface area contributed by atoms with Gasteiger partial charge in [-0.1, -0.05) is 6.08 Å². The molecule has 0 fully saturated rings. The number of aliphatic hydroxyl groups is 1. The van der Waals surface area contributed by atoms with Crippen molar-refractivity contribution >= 4 is 8.32 Å². The van der Waals surface area contributed by atoms with Crippen LogP contribution in [0.25, 0.3) is 0 Å². The molecule has 0 saturated carbocycles. The highest BCUT2D eigenvalue weighted by molar-refractivity contribution is 6.71. The lowest BCUT2D eigenvalue weighted by Crippen LogP contribution is -2.33. The Kier molecular flexibility index (Phi) is 10.5. The van der Waals surface area contributed by atoms with Crippen molar-refractivity contribution < 1.29 is 14.3 Å². The standard InChI is InChI=1S/C14H31NO3Si/c1-6-9-15(3)12-14(16)13-17-10-8-11-19(4,5)18-7-2/h6,14,16H,1,7-13H2,2-5H3. The summed E-state index contributed by atoms with van der Waals surface area (Å²) in [7, 11) is 0.480. The molecule has 5 heteroatoms. The highest BCUT2D eigenvalue weighted by Crippen LogP contribution is 2.13. The van der Waals surface area contributed by atoms with Crippen LogP contribution in [0.5, 0.6) is 0 Å². The Morgan fingerprint density at radius 3 is 2.68 bits per heavy atom. The van der Waals surface area contributed by atoms with Gasteiger partial charge >= 0.3 is 0 Å². The molecule has 0 aromatic heterocycles. The third-order valence-electron chi connectivity index (χ3n) is 2.88. The third kappa shape index (κ3) is 11.3. The van der Waals surface area contributed by atoms with E-state index in [0.717, 1.165) is 25.6 Å². The van der Waals surface area contributed by atoms with Gasteiger partial charge < -0.3 is 19.2 Å². The number of hydrogen-bond donors (Lipinski definition) is 1. The first-order chi connectivity index (χ1) is 8.91. The lowest BCUT2D eigenvalue weighted by atomic mass is 10.3. The molecule has 0 aromatic rings. The summed E-state index contributed by atoms with van der Waals surface area (Å²) in [5.41, 5.74) is 0. The van der Waals surface area contributed by atoms with E-state index in [-0.39, 0.29) is 0 Å². The van der Waals surface area contributed by atoms with Crippen molar-refractivity contribution in [3.8, 4) is 0 Å². The number of aliphatic hydroxyl groups excluding tert-OH is 1. The van der Waals surface area contributed by atoms with Crippen LogP contribution in [-0.2, 0) is 9.16 Å². The number of likely N-dealkylation sites (N-methyl/N-ethyl adjacent to an activating group) is 1. The summed E-state index contributed by atoms with van der Waals surface area (Å²) in [5.74, 6) is 0. The number of rotatable bonds is 12. The summed E-state index contributed by atoms with van der Waals surface area (Å²) < 4.78 is 11.3. The molecule has 0 aromatic carbocycles. The van der Waals surface area contributed by atoms with E-state index in [0.29, 0.717) is 19.8 Å². The van der Waals surface area contributed by atoms with E-state index in [1.807, 2.05) is 24.9 Å². The fraction of sp³-hybridized carbons (Fsp3) is 0.857. The molecule has 1 N–H and O–H groups in total. The Balaban J connectivity index is 3.55. The topological polar surface area (TPSA) is 41.9 Å². The van der Waals surface area contributed by atoms with Gasteiger partial charge in [-0.2, -0.15) is 0 Å². The third-order valence-corrected chi connectivity index (χ3v) is 5.50. The highest BCUT2D eigenvalue weighted by atomic mass is 28.4. The van der Waals surface area contributed by atoms with Crippen molar-refractivity contribution in [3.63, 3.8) is 0 Å². The zero-order chi connectivity index (χ0) is 14.7. The minimum absolute atomic E-state index is 0.401. The summed E-state index contributed by atoms with van der Waals surface area (Å²) in [6, 6.07) is 1.10. The predicted molar refractivity (Wildman–Crippen MR) is 83.1 cm³/mol. The molecule has 0 spiro atoms. The highest BCUT2D eigenvalue weighted by Gasteiger charge is 2.20. The summed E-state index contributed by atoms with van der Waals surface area (Å²) in [6.07, 6.45) is 2.41. The minimum Gasteiger partial charge on any atom is -0.418 e. The number of ether oxygens (including phenoxy) is 1. The molecule has 0 aliphatic heterocycles. The molecule has 114 valence electrons. The van der Waals surface area contributed by atoms with Gasteiger partial charge in [0.2, 0.25) is 0 Å². The van der Waals surface area contributed by atoms with Gasteiger partial charge in [0.25, 0.3) is 0 Å². The molecule has 19 heavy (non-hydrogen) atoms. The van der Waals surface area contributed by atoms with E-state index in [1.165, 1.54) is 0 Å². The van der Waals surface area contributed by atoms with Crippen LogP contribution >= 0.6 is 0 Å². The smallest absolute Gasteiger partial charge is 0.186 e. The van der Waals surface area contributed by atoms with Crippen molar-refractivity contribution in [2.24, 2.45) is 0 Å². The number of nitrogens with zero attached hydrogens (tertiary/aromatic N) is 1. The molecule has 0 radical (unpaired) electrons. The van der Waals surface area contributed by atoms with Gasteiger partial charge in [-0.25, -0.2) is 0 Å². The molecule has 0 rings (SSSR count). The zero-order valence-electron chi connectivity index (χ0n) is 13.0. The van der Waals surface area contributed by atoms with Crippen LogP contribution in [-0.4, -0.2) is 64.4 Å². The molecular weight excluding hydrogens is 258 g/mol. The second kappa shape index (κ2) is 10.6. The second-order valence-electron chi connectivity index (χ2n) is 5.53. The number of hydrogen-bond acceptors (Lipinski definition) is 4. The summed E-state index contributed by atoms with van der Waals surface area (Å²) in [4.78, 5) is 2.02. The first-order valence-corrected chi connectivity index (χ1v) is 10.2. The molecule has 0 amide bonds. The monoisotopic (exact) mass is 289 g/mol. The first kappa shape index (κ1) is 18.8. The van der Waals surface area contributed by atoms with Crippen molar-refractivity contribution in [1.82, 2.24) is 4.90 Å². The molecule has 0 bridgehead atoms. The van der Waals surface area contributed by atoms with Crippen molar-refractivity contribution in [1.29, 1.82) is 0 Å². The Bertz CT molecular complexity index is 237. The summed E-state index contributed by atoms with van der Waals surface area (Å²) >= 11 is 0. The molecule has 0 heterocycles. The lowest BCUT2D eigenvalue weighted by Gasteiger charge is -2.22. The van der Waals surface area contributed by atoms with Gasteiger partial charge in [0.15, 0.2) is 8.32 Å². The molecule has 1 unspecified atom stereocenters. The zero-order valence-corrected chi connectivity index (χ0v) is 14.0. The minimum atomic E-state index is -1.48. The maximum Gasteiger partial charge on any atom is 0.186 e. The SMILES string of the molecule is C=CCN(C)CC(O)COCCC[Si](C)(C)OCC. The Morgan fingerprint density at radius 2 is 2.11 bits per heavy atom. The molecular formula is C14H31NO3Si. The van der Waals surface area contributed by atoms with E-state index in [9.17, 15) is 5.11 Å². The normalized spacial score (nSPS) is 13.8. The van der Waals surface area contributed by atoms with Gasteiger partial charge in [-0.05, 0) is 39.5 Å². The van der Waals surface area contributed by atoms with Crippen molar-refractivity contribution in [2.45, 2.75) is 38.6 Å². The Hall–Kier alpha value is -0.203. The van der Waals surface area contributed by atoms with Gasteiger partial charge in [0.05, 0.1) is 12.7 Å². The van der Waals surface area contributed by atoms with E-state index < -0.39 is 14.4 Å². The summed E-state index contributed by atoms with van der Waals surface area (Å²) in [5, 5.41) is 9.77. The molecule has 0 aliphatic carbocycles. The molecule has 1 atom stereocenters. The fourth-order valence-corrected chi connectivity index (χ4v) is 3.91. The second-order valence-corrected chi connectivity index (χ2v) is 9.84. The quantitative estimate of drug-likeness (QED) is 0.339. The van der Waals surface area contributed by atoms with E-state index in [4.69, 9.17) is 9.16 Å². The Labute approximate surface area is 119 Å². The maximum absolute atomic E-state index is 9.77. The molecule has 0 aliphatic rings. The largest absolute Gasteiger partial charge is 0.418 e. The van der Waals surface area contributed by atoms with Gasteiger partial charge in [0.1, 0.15) is 0 Å². The van der Waals surface area contributed by atoms with Gasteiger partial charge in [0, 0.05) is 26.3 Å². The van der Waals surface area contributed by atoms with Crippen LogP contribution in [0.2, 0.25) is 19.1 Å². The van der Waals surface area contributed by atoms with Crippen molar-refractivity contribution in [2.75, 3.05) is 40.0 Å². The van der Waals surface area contributed by atoms with E-state index in [2.05, 4.69) is 19.7 Å². The van der Waals surface area contributed by atoms with Crippen LogP contribution in [0, 0.1) is 0 Å². The van der Waals surface area contributed by atoms with Crippen LogP contribution in [0.15, 0.2) is 12.7 Å². The first-order valence-electron chi connectivity index (χ1n) is 7.10. The maximum atomic E-state index is 9.77. The van der Waals surface area contributed by atoms with Crippen molar-refractivity contribution in [3.05, 3.63) is 12.7 Å². The van der Waals surface area contributed by atoms with Crippen LogP contribution in [0.3, 0.4) is 0 Å². The average Bonchev–Trinajstić information content (AvgIpc) is 2.28. The average molecular weight is 289 g/mol. The van der Waals surface area contributed by atoms with Crippen LogP contribution in [0.1, 0.15) is 13.3 Å². The predicted octanol–water partition coefficient (Wildman–Crippen LogP) is 2.11. The van der Waals surface area contributed by atoms with Gasteiger partial charge in [-0.3, -0.25) is 0 Å². The molecule has 4 nitrogen and oxygen atoms in total. The van der Waals surface area contributed by atoms with Crippen LogP contribution in [0.4, 0.5) is 0 Å². The van der Waals surface area contributed by atoms with E-state index >= 15 is 0 Å².